The Bertz CT molecular complexity index is 1520. The molecule has 3 N–H and O–H groups in total. The van der Waals surface area contributed by atoms with E-state index in [9.17, 15) is 4.79 Å². The molecule has 0 bridgehead atoms. The molecule has 0 spiro atoms. The number of anilines is 1. The quantitative estimate of drug-likeness (QED) is 0.350. The Labute approximate surface area is 221 Å². The maximum atomic E-state index is 13.3. The normalized spacial score (nSPS) is 14.0. The summed E-state index contributed by atoms with van der Waals surface area (Å²) in [5.41, 5.74) is 5.24. The van der Waals surface area contributed by atoms with Crippen molar-refractivity contribution >= 4 is 39.2 Å². The number of para-hydroxylation sites is 1. The van der Waals surface area contributed by atoms with Crippen molar-refractivity contribution in [1.29, 1.82) is 0 Å². The first-order chi connectivity index (χ1) is 17.7. The second-order valence-electron chi connectivity index (χ2n) is 8.57. The summed E-state index contributed by atoms with van der Waals surface area (Å²) < 4.78 is 7.63. The SMILES string of the molecule is Cc1nc(-c2cccnc2)sc1C(=O)Nc1ccccc1-c1cn2c(CN3CCOCC3)csc2n1.O. The van der Waals surface area contributed by atoms with Crippen LogP contribution in [0.5, 0.6) is 0 Å². The van der Waals surface area contributed by atoms with Crippen molar-refractivity contribution in [1.82, 2.24) is 24.3 Å². The number of carbonyl (C=O) groups is 1. The Morgan fingerprint density at radius 3 is 2.78 bits per heavy atom. The van der Waals surface area contributed by atoms with Crippen LogP contribution in [0, 0.1) is 6.92 Å². The van der Waals surface area contributed by atoms with Gasteiger partial charge in [0.1, 0.15) is 9.88 Å². The highest BCUT2D eigenvalue weighted by atomic mass is 32.1. The van der Waals surface area contributed by atoms with Gasteiger partial charge in [-0.2, -0.15) is 0 Å². The van der Waals surface area contributed by atoms with Gasteiger partial charge in [0.05, 0.1) is 30.3 Å². The number of rotatable bonds is 6. The summed E-state index contributed by atoms with van der Waals surface area (Å²) in [7, 11) is 0. The molecule has 190 valence electrons. The molecule has 0 atom stereocenters. The fraction of sp³-hybridized carbons (Fsp3) is 0.231. The molecule has 5 aromatic rings. The Hall–Kier alpha value is -3.48. The fourth-order valence-corrected chi connectivity index (χ4v) is 6.09. The van der Waals surface area contributed by atoms with Crippen molar-refractivity contribution in [3.05, 3.63) is 76.6 Å². The molecule has 1 saturated heterocycles. The van der Waals surface area contributed by atoms with E-state index >= 15 is 0 Å². The summed E-state index contributed by atoms with van der Waals surface area (Å²) >= 11 is 3.00. The van der Waals surface area contributed by atoms with E-state index in [-0.39, 0.29) is 11.4 Å². The van der Waals surface area contributed by atoms with Crippen LogP contribution in [0.1, 0.15) is 21.1 Å². The average molecular weight is 535 g/mol. The lowest BCUT2D eigenvalue weighted by Crippen LogP contribution is -2.35. The number of nitrogens with zero attached hydrogens (tertiary/aromatic N) is 5. The first kappa shape index (κ1) is 25.2. The minimum Gasteiger partial charge on any atom is -0.412 e. The predicted octanol–water partition coefficient (Wildman–Crippen LogP) is 4.15. The molecule has 1 aliphatic heterocycles. The van der Waals surface area contributed by atoms with Crippen molar-refractivity contribution in [3.63, 3.8) is 0 Å². The third-order valence-electron chi connectivity index (χ3n) is 6.14. The van der Waals surface area contributed by atoms with Gasteiger partial charge in [0.15, 0.2) is 4.96 Å². The number of hydrogen-bond acceptors (Lipinski definition) is 8. The van der Waals surface area contributed by atoms with Crippen LogP contribution in [-0.2, 0) is 11.3 Å². The van der Waals surface area contributed by atoms with E-state index in [1.165, 1.54) is 17.0 Å². The van der Waals surface area contributed by atoms with Crippen LogP contribution >= 0.6 is 22.7 Å². The fourth-order valence-electron chi connectivity index (χ4n) is 4.28. The monoisotopic (exact) mass is 534 g/mol. The molecule has 0 aliphatic carbocycles. The number of carbonyl (C=O) groups excluding carboxylic acids is 1. The molecule has 1 aromatic carbocycles. The molecule has 0 radical (unpaired) electrons. The van der Waals surface area contributed by atoms with Gasteiger partial charge in [0.2, 0.25) is 0 Å². The Morgan fingerprint density at radius 2 is 1.97 bits per heavy atom. The highest BCUT2D eigenvalue weighted by Gasteiger charge is 2.20. The van der Waals surface area contributed by atoms with Crippen LogP contribution < -0.4 is 5.32 Å². The van der Waals surface area contributed by atoms with E-state index in [4.69, 9.17) is 9.72 Å². The van der Waals surface area contributed by atoms with Crippen molar-refractivity contribution in [3.8, 4) is 21.8 Å². The lowest BCUT2D eigenvalue weighted by atomic mass is 10.1. The van der Waals surface area contributed by atoms with Crippen molar-refractivity contribution in [2.75, 3.05) is 31.6 Å². The standard InChI is InChI=1S/C26H24N6O2S2.H2O/c1-17-23(36-25(28-17)18-5-4-8-27-13-18)24(33)29-21-7-3-2-6-20(21)22-15-32-19(16-35-26(32)30-22)14-31-9-11-34-12-10-31;/h2-8,13,15-16H,9-12,14H2,1H3,(H,29,33);1H2. The van der Waals surface area contributed by atoms with Gasteiger partial charge in [-0.3, -0.25) is 19.1 Å². The number of thiazole rings is 2. The smallest absolute Gasteiger partial charge is 0.267 e. The van der Waals surface area contributed by atoms with E-state index < -0.39 is 0 Å². The molecule has 37 heavy (non-hydrogen) atoms. The first-order valence-electron chi connectivity index (χ1n) is 11.7. The highest BCUT2D eigenvalue weighted by molar-refractivity contribution is 7.17. The topological polar surface area (TPSA) is 116 Å². The van der Waals surface area contributed by atoms with Gasteiger partial charge in [-0.1, -0.05) is 18.2 Å². The summed E-state index contributed by atoms with van der Waals surface area (Å²) in [6.45, 7) is 6.15. The molecule has 11 heteroatoms. The van der Waals surface area contributed by atoms with Gasteiger partial charge in [-0.05, 0) is 25.1 Å². The third kappa shape index (κ3) is 5.17. The summed E-state index contributed by atoms with van der Waals surface area (Å²) in [6, 6.07) is 11.6. The van der Waals surface area contributed by atoms with Gasteiger partial charge in [-0.15, -0.1) is 22.7 Å². The number of ether oxygens (including phenoxy) is 1. The van der Waals surface area contributed by atoms with Crippen molar-refractivity contribution in [2.45, 2.75) is 13.5 Å². The van der Waals surface area contributed by atoms with Crippen LogP contribution in [0.2, 0.25) is 0 Å². The maximum Gasteiger partial charge on any atom is 0.267 e. The number of imidazole rings is 1. The Kier molecular flexibility index (Phi) is 7.40. The van der Waals surface area contributed by atoms with Crippen molar-refractivity contribution in [2.24, 2.45) is 0 Å². The van der Waals surface area contributed by atoms with Gasteiger partial charge < -0.3 is 15.5 Å². The highest BCUT2D eigenvalue weighted by Crippen LogP contribution is 2.32. The largest absolute Gasteiger partial charge is 0.412 e. The lowest BCUT2D eigenvalue weighted by molar-refractivity contribution is 0.0336. The van der Waals surface area contributed by atoms with Gasteiger partial charge in [-0.25, -0.2) is 9.97 Å². The number of pyridine rings is 1. The lowest BCUT2D eigenvalue weighted by Gasteiger charge is -2.26. The molecule has 4 aromatic heterocycles. The van der Waals surface area contributed by atoms with Crippen LogP contribution in [-0.4, -0.2) is 61.9 Å². The number of amides is 1. The van der Waals surface area contributed by atoms with E-state index in [2.05, 4.69) is 36.2 Å². The van der Waals surface area contributed by atoms with Crippen LogP contribution in [0.4, 0.5) is 5.69 Å². The Balaban J connectivity index is 0.00000280. The average Bonchev–Trinajstić information content (AvgIpc) is 3.61. The summed E-state index contributed by atoms with van der Waals surface area (Å²) in [6.07, 6.45) is 5.54. The van der Waals surface area contributed by atoms with Gasteiger partial charge in [0.25, 0.3) is 5.91 Å². The van der Waals surface area contributed by atoms with E-state index in [0.29, 0.717) is 10.6 Å². The molecule has 5 heterocycles. The molecule has 0 saturated carbocycles. The number of morpholine rings is 1. The van der Waals surface area contributed by atoms with Gasteiger partial charge >= 0.3 is 0 Å². The van der Waals surface area contributed by atoms with E-state index in [0.717, 1.165) is 65.3 Å². The second-order valence-corrected chi connectivity index (χ2v) is 10.4. The molecule has 6 rings (SSSR count). The molecule has 1 aliphatic rings. The summed E-state index contributed by atoms with van der Waals surface area (Å²) in [5, 5.41) is 6.04. The maximum absolute atomic E-state index is 13.3. The molecule has 9 nitrogen and oxygen atoms in total. The minimum absolute atomic E-state index is 0. The molecule has 1 amide bonds. The zero-order chi connectivity index (χ0) is 24.5. The zero-order valence-electron chi connectivity index (χ0n) is 20.2. The molecular formula is C26H26N6O3S2. The second kappa shape index (κ2) is 10.9. The first-order valence-corrected chi connectivity index (χ1v) is 13.4. The van der Waals surface area contributed by atoms with Gasteiger partial charge in [0, 0.05) is 60.4 Å². The number of aryl methyl sites for hydroxylation is 1. The third-order valence-corrected chi connectivity index (χ3v) is 8.23. The minimum atomic E-state index is -0.179. The van der Waals surface area contributed by atoms with Crippen molar-refractivity contribution < 1.29 is 15.0 Å². The molecule has 1 fully saturated rings. The number of aromatic nitrogens is 4. The molecular weight excluding hydrogens is 508 g/mol. The zero-order valence-corrected chi connectivity index (χ0v) is 21.8. The number of fused-ring (bicyclic) bond motifs is 1. The molecule has 0 unspecified atom stereocenters. The Morgan fingerprint density at radius 1 is 1.14 bits per heavy atom. The number of hydrogen-bond donors (Lipinski definition) is 1. The van der Waals surface area contributed by atoms with Crippen LogP contribution in [0.25, 0.3) is 26.8 Å². The number of benzene rings is 1. The van der Waals surface area contributed by atoms with Crippen LogP contribution in [0.15, 0.2) is 60.4 Å². The summed E-state index contributed by atoms with van der Waals surface area (Å²) in [4.78, 5) is 30.8. The van der Waals surface area contributed by atoms with E-state index in [1.54, 1.807) is 23.7 Å². The van der Waals surface area contributed by atoms with E-state index in [1.807, 2.05) is 43.3 Å². The number of nitrogens with one attached hydrogen (secondary N) is 1. The summed E-state index contributed by atoms with van der Waals surface area (Å²) in [5.74, 6) is -0.179. The van der Waals surface area contributed by atoms with Crippen LogP contribution in [0.3, 0.4) is 0 Å². The predicted molar refractivity (Wildman–Crippen MR) is 146 cm³/mol.